The van der Waals surface area contributed by atoms with Crippen LogP contribution in [0.25, 0.3) is 0 Å². The molecule has 0 bridgehead atoms. The zero-order valence-corrected chi connectivity index (χ0v) is 9.77. The Morgan fingerprint density at radius 3 is 2.81 bits per heavy atom. The molecule has 1 rings (SSSR count). The molecule has 1 N–H and O–H groups in total. The normalized spacial score (nSPS) is 10.4. The fourth-order valence-electron chi connectivity index (χ4n) is 1.51. The van der Waals surface area contributed by atoms with Crippen molar-refractivity contribution in [3.8, 4) is 6.01 Å². The predicted octanol–water partition coefficient (Wildman–Crippen LogP) is 0.723. The third-order valence-electron chi connectivity index (χ3n) is 2.32. The Labute approximate surface area is 94.7 Å². The van der Waals surface area contributed by atoms with E-state index >= 15 is 0 Å². The van der Waals surface area contributed by atoms with E-state index in [-0.39, 0.29) is 12.2 Å². The van der Waals surface area contributed by atoms with Crippen LogP contribution in [0.3, 0.4) is 0 Å². The molecule has 90 valence electrons. The number of rotatable bonds is 6. The van der Waals surface area contributed by atoms with Crippen molar-refractivity contribution in [2.24, 2.45) is 0 Å². The molecular formula is C11H18N2O3. The first kappa shape index (κ1) is 12.7. The van der Waals surface area contributed by atoms with Crippen molar-refractivity contribution in [3.63, 3.8) is 0 Å². The van der Waals surface area contributed by atoms with E-state index in [9.17, 15) is 4.79 Å². The predicted molar refractivity (Wildman–Crippen MR) is 60.7 cm³/mol. The van der Waals surface area contributed by atoms with E-state index in [1.165, 1.54) is 17.7 Å². The molecule has 0 saturated carbocycles. The number of hydrogen-bond donors (Lipinski definition) is 1. The fraction of sp³-hybridized carbons (Fsp3) is 0.636. The fourth-order valence-corrected chi connectivity index (χ4v) is 1.51. The summed E-state index contributed by atoms with van der Waals surface area (Å²) in [6.07, 6.45) is 2.48. The van der Waals surface area contributed by atoms with Gasteiger partial charge in [-0.25, -0.2) is 4.98 Å². The maximum absolute atomic E-state index is 11.7. The monoisotopic (exact) mass is 226 g/mol. The topological polar surface area (TPSA) is 64.3 Å². The molecule has 0 amide bonds. The number of aliphatic hydroxyl groups is 1. The molecule has 0 aliphatic rings. The summed E-state index contributed by atoms with van der Waals surface area (Å²) < 4.78 is 6.58. The first-order valence-electron chi connectivity index (χ1n) is 5.42. The molecular weight excluding hydrogens is 208 g/mol. The highest BCUT2D eigenvalue weighted by molar-refractivity contribution is 5.06. The molecule has 0 unspecified atom stereocenters. The molecule has 0 atom stereocenters. The van der Waals surface area contributed by atoms with Crippen LogP contribution in [0, 0.1) is 6.92 Å². The van der Waals surface area contributed by atoms with E-state index in [0.717, 1.165) is 19.3 Å². The average molecular weight is 226 g/mol. The summed E-state index contributed by atoms with van der Waals surface area (Å²) in [4.78, 5) is 15.8. The molecule has 1 heterocycles. The summed E-state index contributed by atoms with van der Waals surface area (Å²) in [5, 5.41) is 8.65. The van der Waals surface area contributed by atoms with Gasteiger partial charge in [0.25, 0.3) is 11.6 Å². The molecule has 0 fully saturated rings. The van der Waals surface area contributed by atoms with Gasteiger partial charge in [-0.05, 0) is 26.2 Å². The molecule has 0 radical (unpaired) electrons. The molecule has 0 aromatic carbocycles. The van der Waals surface area contributed by atoms with E-state index in [0.29, 0.717) is 18.2 Å². The molecule has 0 spiro atoms. The summed E-state index contributed by atoms with van der Waals surface area (Å²) >= 11 is 0. The number of ether oxygens (including phenoxy) is 1. The minimum absolute atomic E-state index is 0.0895. The van der Waals surface area contributed by atoms with Crippen molar-refractivity contribution >= 4 is 0 Å². The van der Waals surface area contributed by atoms with Crippen molar-refractivity contribution in [1.82, 2.24) is 9.55 Å². The SMILES string of the molecule is COc1nc(C)cc(=O)n1CCCCCO. The summed E-state index contributed by atoms with van der Waals surface area (Å²) in [5.41, 5.74) is 0.571. The van der Waals surface area contributed by atoms with Gasteiger partial charge in [-0.3, -0.25) is 9.36 Å². The molecule has 1 aromatic heterocycles. The molecule has 1 aromatic rings. The van der Waals surface area contributed by atoms with Crippen molar-refractivity contribution in [3.05, 3.63) is 22.1 Å². The van der Waals surface area contributed by atoms with Gasteiger partial charge >= 0.3 is 0 Å². The second kappa shape index (κ2) is 6.27. The second-order valence-electron chi connectivity index (χ2n) is 3.66. The van der Waals surface area contributed by atoms with Crippen LogP contribution in [-0.2, 0) is 6.54 Å². The number of hydrogen-bond acceptors (Lipinski definition) is 4. The molecule has 0 aliphatic carbocycles. The van der Waals surface area contributed by atoms with E-state index in [1.54, 1.807) is 6.92 Å². The highest BCUT2D eigenvalue weighted by atomic mass is 16.5. The largest absolute Gasteiger partial charge is 0.468 e. The van der Waals surface area contributed by atoms with Gasteiger partial charge < -0.3 is 9.84 Å². The van der Waals surface area contributed by atoms with Crippen LogP contribution < -0.4 is 10.3 Å². The van der Waals surface area contributed by atoms with E-state index in [1.807, 2.05) is 0 Å². The lowest BCUT2D eigenvalue weighted by Crippen LogP contribution is -2.22. The average Bonchev–Trinajstić information content (AvgIpc) is 2.26. The van der Waals surface area contributed by atoms with Gasteiger partial charge in [-0.15, -0.1) is 0 Å². The molecule has 5 nitrogen and oxygen atoms in total. The lowest BCUT2D eigenvalue weighted by atomic mass is 10.2. The Bertz CT molecular complexity index is 387. The van der Waals surface area contributed by atoms with Gasteiger partial charge in [0.15, 0.2) is 0 Å². The second-order valence-corrected chi connectivity index (χ2v) is 3.66. The lowest BCUT2D eigenvalue weighted by molar-refractivity contribution is 0.280. The van der Waals surface area contributed by atoms with E-state index in [4.69, 9.17) is 9.84 Å². The van der Waals surface area contributed by atoms with E-state index in [2.05, 4.69) is 4.98 Å². The van der Waals surface area contributed by atoms with Crippen LogP contribution in [0.15, 0.2) is 10.9 Å². The standard InChI is InChI=1S/C11H18N2O3/c1-9-8-10(15)13(11(12-9)16-2)6-4-3-5-7-14/h8,14H,3-7H2,1-2H3. The molecule has 5 heteroatoms. The van der Waals surface area contributed by atoms with Gasteiger partial charge in [-0.1, -0.05) is 0 Å². The molecule has 0 saturated heterocycles. The third kappa shape index (κ3) is 3.34. The first-order valence-corrected chi connectivity index (χ1v) is 5.42. The van der Waals surface area contributed by atoms with E-state index < -0.39 is 0 Å². The molecule has 0 aliphatic heterocycles. The summed E-state index contributed by atoms with van der Waals surface area (Å²) in [6, 6.07) is 1.85. The lowest BCUT2D eigenvalue weighted by Gasteiger charge is -2.10. The van der Waals surface area contributed by atoms with Crippen LogP contribution in [0.4, 0.5) is 0 Å². The Hall–Kier alpha value is -1.36. The number of aliphatic hydroxyl groups excluding tert-OH is 1. The van der Waals surface area contributed by atoms with Crippen molar-refractivity contribution in [2.75, 3.05) is 13.7 Å². The van der Waals surface area contributed by atoms with Gasteiger partial charge in [0, 0.05) is 24.9 Å². The zero-order chi connectivity index (χ0) is 12.0. The highest BCUT2D eigenvalue weighted by Crippen LogP contribution is 2.06. The minimum Gasteiger partial charge on any atom is -0.468 e. The number of aryl methyl sites for hydroxylation is 1. The summed E-state index contributed by atoms with van der Waals surface area (Å²) in [5.74, 6) is 0. The van der Waals surface area contributed by atoms with Crippen LogP contribution in [0.2, 0.25) is 0 Å². The Morgan fingerprint density at radius 2 is 2.19 bits per heavy atom. The van der Waals surface area contributed by atoms with Crippen molar-refractivity contribution < 1.29 is 9.84 Å². The Morgan fingerprint density at radius 1 is 1.44 bits per heavy atom. The van der Waals surface area contributed by atoms with Crippen molar-refractivity contribution in [2.45, 2.75) is 32.7 Å². The highest BCUT2D eigenvalue weighted by Gasteiger charge is 2.06. The van der Waals surface area contributed by atoms with Crippen LogP contribution in [0.1, 0.15) is 25.0 Å². The van der Waals surface area contributed by atoms with Gasteiger partial charge in [-0.2, -0.15) is 0 Å². The maximum Gasteiger partial charge on any atom is 0.299 e. The van der Waals surface area contributed by atoms with Crippen LogP contribution >= 0.6 is 0 Å². The number of nitrogens with zero attached hydrogens (tertiary/aromatic N) is 2. The van der Waals surface area contributed by atoms with Crippen LogP contribution in [-0.4, -0.2) is 28.4 Å². The zero-order valence-electron chi connectivity index (χ0n) is 9.77. The van der Waals surface area contributed by atoms with Gasteiger partial charge in [0.2, 0.25) is 0 Å². The van der Waals surface area contributed by atoms with Crippen LogP contribution in [0.5, 0.6) is 6.01 Å². The third-order valence-corrected chi connectivity index (χ3v) is 2.32. The molecule has 16 heavy (non-hydrogen) atoms. The maximum atomic E-state index is 11.7. The van der Waals surface area contributed by atoms with Gasteiger partial charge in [0.05, 0.1) is 7.11 Å². The minimum atomic E-state index is -0.0895. The number of aromatic nitrogens is 2. The Balaban J connectivity index is 2.74. The Kier molecular flexibility index (Phi) is 4.98. The van der Waals surface area contributed by atoms with Crippen molar-refractivity contribution in [1.29, 1.82) is 0 Å². The smallest absolute Gasteiger partial charge is 0.299 e. The quantitative estimate of drug-likeness (QED) is 0.726. The number of unbranched alkanes of at least 4 members (excludes halogenated alkanes) is 2. The number of methoxy groups -OCH3 is 1. The van der Waals surface area contributed by atoms with Gasteiger partial charge in [0.1, 0.15) is 0 Å². The first-order chi connectivity index (χ1) is 7.69. The summed E-state index contributed by atoms with van der Waals surface area (Å²) in [6.45, 7) is 2.54. The summed E-state index contributed by atoms with van der Waals surface area (Å²) in [7, 11) is 1.51.